The lowest BCUT2D eigenvalue weighted by atomic mass is 10.2. The van der Waals surface area contributed by atoms with Gasteiger partial charge in [-0.05, 0) is 67.6 Å². The lowest BCUT2D eigenvalue weighted by molar-refractivity contribution is 0.0526. The van der Waals surface area contributed by atoms with Gasteiger partial charge < -0.3 is 20.1 Å². The smallest absolute Gasteiger partial charge is 0.338 e. The molecule has 7 heteroatoms. The van der Waals surface area contributed by atoms with Crippen molar-refractivity contribution >= 4 is 29.1 Å². The molecule has 0 aliphatic carbocycles. The van der Waals surface area contributed by atoms with Crippen molar-refractivity contribution in [1.29, 1.82) is 0 Å². The monoisotopic (exact) mass is 391 g/mol. The maximum Gasteiger partial charge on any atom is 0.338 e. The number of aromatic nitrogens is 1. The summed E-state index contributed by atoms with van der Waals surface area (Å²) in [6.07, 6.45) is 1.49. The summed E-state index contributed by atoms with van der Waals surface area (Å²) in [5, 5.41) is 5.93. The minimum absolute atomic E-state index is 0.256. The van der Waals surface area contributed by atoms with Gasteiger partial charge in [-0.1, -0.05) is 0 Å². The van der Waals surface area contributed by atoms with E-state index in [0.717, 1.165) is 11.4 Å². The van der Waals surface area contributed by atoms with E-state index in [-0.39, 0.29) is 11.9 Å². The summed E-state index contributed by atoms with van der Waals surface area (Å²) in [5.41, 5.74) is 2.35. The van der Waals surface area contributed by atoms with Crippen molar-refractivity contribution in [3.05, 3.63) is 78.0 Å². The third-order valence-electron chi connectivity index (χ3n) is 4.04. The Morgan fingerprint density at radius 2 is 1.55 bits per heavy atom. The van der Waals surface area contributed by atoms with E-state index in [1.807, 2.05) is 0 Å². The molecule has 0 saturated heterocycles. The predicted molar refractivity (Wildman–Crippen MR) is 111 cm³/mol. The zero-order valence-electron chi connectivity index (χ0n) is 16.1. The van der Waals surface area contributed by atoms with Gasteiger partial charge in [-0.25, -0.2) is 9.78 Å². The van der Waals surface area contributed by atoms with Gasteiger partial charge in [0.1, 0.15) is 11.6 Å². The van der Waals surface area contributed by atoms with Crippen LogP contribution in [-0.2, 0) is 4.74 Å². The molecule has 0 fully saturated rings. The Labute approximate surface area is 168 Å². The molecule has 0 unspecified atom stereocenters. The van der Waals surface area contributed by atoms with Crippen LogP contribution >= 0.6 is 0 Å². The van der Waals surface area contributed by atoms with Crippen LogP contribution in [0.4, 0.5) is 17.2 Å². The van der Waals surface area contributed by atoms with Crippen LogP contribution in [0.25, 0.3) is 0 Å². The van der Waals surface area contributed by atoms with Gasteiger partial charge in [-0.3, -0.25) is 4.79 Å². The third kappa shape index (κ3) is 5.32. The van der Waals surface area contributed by atoms with E-state index in [1.165, 1.54) is 6.20 Å². The molecule has 3 aromatic rings. The topological polar surface area (TPSA) is 89.5 Å². The van der Waals surface area contributed by atoms with Crippen LogP contribution in [0.1, 0.15) is 27.6 Å². The average molecular weight is 391 g/mol. The van der Waals surface area contributed by atoms with Crippen molar-refractivity contribution in [2.24, 2.45) is 0 Å². The number of amides is 1. The quantitative estimate of drug-likeness (QED) is 0.585. The Morgan fingerprint density at radius 3 is 2.14 bits per heavy atom. The van der Waals surface area contributed by atoms with Gasteiger partial charge in [0.05, 0.1) is 24.8 Å². The Bertz CT molecular complexity index is 968. The highest BCUT2D eigenvalue weighted by atomic mass is 16.5. The molecular formula is C22H21N3O4. The molecule has 7 nitrogen and oxygen atoms in total. The van der Waals surface area contributed by atoms with Gasteiger partial charge in [0.25, 0.3) is 5.91 Å². The Balaban J connectivity index is 1.60. The van der Waals surface area contributed by atoms with Gasteiger partial charge >= 0.3 is 5.97 Å². The fourth-order valence-corrected chi connectivity index (χ4v) is 2.53. The largest absolute Gasteiger partial charge is 0.497 e. The average Bonchev–Trinajstić information content (AvgIpc) is 2.75. The second kappa shape index (κ2) is 9.36. The maximum absolute atomic E-state index is 12.3. The van der Waals surface area contributed by atoms with Crippen molar-refractivity contribution in [3.8, 4) is 5.75 Å². The van der Waals surface area contributed by atoms with Crippen molar-refractivity contribution in [1.82, 2.24) is 4.98 Å². The fourth-order valence-electron chi connectivity index (χ4n) is 2.53. The van der Waals surface area contributed by atoms with Crippen LogP contribution in [0, 0.1) is 0 Å². The number of nitrogens with zero attached hydrogens (tertiary/aromatic N) is 1. The number of hydrogen-bond acceptors (Lipinski definition) is 6. The number of methoxy groups -OCH3 is 1. The normalized spacial score (nSPS) is 10.1. The van der Waals surface area contributed by atoms with Gasteiger partial charge in [-0.2, -0.15) is 0 Å². The first-order chi connectivity index (χ1) is 14.1. The highest BCUT2D eigenvalue weighted by Crippen LogP contribution is 2.18. The van der Waals surface area contributed by atoms with E-state index in [4.69, 9.17) is 9.47 Å². The molecule has 1 aromatic heterocycles. The third-order valence-corrected chi connectivity index (χ3v) is 4.04. The molecular weight excluding hydrogens is 370 g/mol. The standard InChI is InChI=1S/C22H21N3O4/c1-3-29-22(27)15-4-7-17(8-5-15)24-20-13-6-16(14-23-20)21(26)25-18-9-11-19(28-2)12-10-18/h4-14H,3H2,1-2H3,(H,23,24)(H,25,26). The number of carbonyl (C=O) groups excluding carboxylic acids is 2. The number of rotatable bonds is 7. The fraction of sp³-hybridized carbons (Fsp3) is 0.136. The molecule has 0 aliphatic rings. The molecule has 1 heterocycles. The number of pyridine rings is 1. The molecule has 29 heavy (non-hydrogen) atoms. The number of benzene rings is 2. The Hall–Kier alpha value is -3.87. The summed E-state index contributed by atoms with van der Waals surface area (Å²) in [4.78, 5) is 28.3. The molecule has 0 radical (unpaired) electrons. The van der Waals surface area contributed by atoms with E-state index < -0.39 is 0 Å². The predicted octanol–water partition coefficient (Wildman–Crippen LogP) is 4.26. The van der Waals surface area contributed by atoms with E-state index in [2.05, 4.69) is 15.6 Å². The Morgan fingerprint density at radius 1 is 0.897 bits per heavy atom. The first kappa shape index (κ1) is 19.9. The van der Waals surface area contributed by atoms with E-state index in [0.29, 0.717) is 29.2 Å². The van der Waals surface area contributed by atoms with Crippen LogP contribution < -0.4 is 15.4 Å². The lowest BCUT2D eigenvalue weighted by Crippen LogP contribution is -2.12. The summed E-state index contributed by atoms with van der Waals surface area (Å²) in [6.45, 7) is 2.10. The van der Waals surface area contributed by atoms with E-state index in [9.17, 15) is 9.59 Å². The van der Waals surface area contributed by atoms with Crippen molar-refractivity contribution in [2.75, 3.05) is 24.4 Å². The molecule has 2 aromatic carbocycles. The lowest BCUT2D eigenvalue weighted by Gasteiger charge is -2.09. The molecule has 0 spiro atoms. The number of carbonyl (C=O) groups is 2. The van der Waals surface area contributed by atoms with Crippen LogP contribution in [-0.4, -0.2) is 30.6 Å². The zero-order chi connectivity index (χ0) is 20.6. The number of ether oxygens (including phenoxy) is 2. The Kier molecular flexibility index (Phi) is 6.42. The van der Waals surface area contributed by atoms with Crippen LogP contribution in [0.2, 0.25) is 0 Å². The summed E-state index contributed by atoms with van der Waals surface area (Å²) >= 11 is 0. The molecule has 2 N–H and O–H groups in total. The SMILES string of the molecule is CCOC(=O)c1ccc(Nc2ccc(C(=O)Nc3ccc(OC)cc3)cn2)cc1. The number of nitrogens with one attached hydrogen (secondary N) is 2. The van der Waals surface area contributed by atoms with Crippen molar-refractivity contribution in [3.63, 3.8) is 0 Å². The molecule has 148 valence electrons. The van der Waals surface area contributed by atoms with Crippen LogP contribution in [0.5, 0.6) is 5.75 Å². The number of anilines is 3. The summed E-state index contributed by atoms with van der Waals surface area (Å²) in [6, 6.07) is 17.3. The second-order valence-corrected chi connectivity index (χ2v) is 6.04. The van der Waals surface area contributed by atoms with Crippen molar-refractivity contribution in [2.45, 2.75) is 6.92 Å². The number of esters is 1. The molecule has 0 aliphatic heterocycles. The highest BCUT2D eigenvalue weighted by Gasteiger charge is 2.08. The maximum atomic E-state index is 12.3. The zero-order valence-corrected chi connectivity index (χ0v) is 16.1. The first-order valence-electron chi connectivity index (χ1n) is 9.04. The van der Waals surface area contributed by atoms with Crippen LogP contribution in [0.15, 0.2) is 66.9 Å². The highest BCUT2D eigenvalue weighted by molar-refractivity contribution is 6.04. The molecule has 0 bridgehead atoms. The molecule has 0 atom stereocenters. The van der Waals surface area contributed by atoms with Gasteiger partial charge in [-0.15, -0.1) is 0 Å². The van der Waals surface area contributed by atoms with Gasteiger partial charge in [0, 0.05) is 17.6 Å². The van der Waals surface area contributed by atoms with E-state index in [1.54, 1.807) is 74.7 Å². The molecule has 3 rings (SSSR count). The van der Waals surface area contributed by atoms with Gasteiger partial charge in [0.15, 0.2) is 0 Å². The second-order valence-electron chi connectivity index (χ2n) is 6.04. The van der Waals surface area contributed by atoms with E-state index >= 15 is 0 Å². The summed E-state index contributed by atoms with van der Waals surface area (Å²) in [5.74, 6) is 0.683. The molecule has 1 amide bonds. The first-order valence-corrected chi connectivity index (χ1v) is 9.04. The summed E-state index contributed by atoms with van der Waals surface area (Å²) < 4.78 is 10.1. The minimum Gasteiger partial charge on any atom is -0.497 e. The van der Waals surface area contributed by atoms with Gasteiger partial charge in [0.2, 0.25) is 0 Å². The summed E-state index contributed by atoms with van der Waals surface area (Å²) in [7, 11) is 1.59. The molecule has 0 saturated carbocycles. The number of hydrogen-bond donors (Lipinski definition) is 2. The van der Waals surface area contributed by atoms with Crippen LogP contribution in [0.3, 0.4) is 0 Å². The van der Waals surface area contributed by atoms with Crippen molar-refractivity contribution < 1.29 is 19.1 Å². The minimum atomic E-state index is -0.357.